The topological polar surface area (TPSA) is 111 Å². The molecule has 2 rings (SSSR count). The summed E-state index contributed by atoms with van der Waals surface area (Å²) >= 11 is 0. The highest BCUT2D eigenvalue weighted by molar-refractivity contribution is 5.89. The van der Waals surface area contributed by atoms with Crippen molar-refractivity contribution in [2.45, 2.75) is 38.7 Å². The molecule has 8 nitrogen and oxygen atoms in total. The maximum Gasteiger partial charge on any atom is 0.407 e. The van der Waals surface area contributed by atoms with E-state index in [4.69, 9.17) is 4.74 Å². The highest BCUT2D eigenvalue weighted by Crippen LogP contribution is 2.18. The molecule has 1 heterocycles. The van der Waals surface area contributed by atoms with Crippen LogP contribution in [0.2, 0.25) is 0 Å². The van der Waals surface area contributed by atoms with Gasteiger partial charge in [-0.15, -0.1) is 0 Å². The monoisotopic (exact) mass is 387 g/mol. The number of nitrogens with zero attached hydrogens (tertiary/aromatic N) is 2. The van der Waals surface area contributed by atoms with Gasteiger partial charge in [0.1, 0.15) is 11.4 Å². The van der Waals surface area contributed by atoms with E-state index in [1.165, 1.54) is 12.7 Å². The molecule has 2 N–H and O–H groups in total. The van der Waals surface area contributed by atoms with Crippen molar-refractivity contribution in [1.29, 1.82) is 0 Å². The van der Waals surface area contributed by atoms with Gasteiger partial charge in [-0.3, -0.25) is 0 Å². The van der Waals surface area contributed by atoms with E-state index in [9.17, 15) is 14.7 Å². The second kappa shape index (κ2) is 9.68. The van der Waals surface area contributed by atoms with E-state index in [-0.39, 0.29) is 24.4 Å². The number of nitrogens with one attached hydrogen (secondary N) is 1. The maximum absolute atomic E-state index is 12.0. The number of aryl methyl sites for hydroxylation is 1. The summed E-state index contributed by atoms with van der Waals surface area (Å²) in [5, 5.41) is 12.2. The predicted molar refractivity (Wildman–Crippen MR) is 102 cm³/mol. The summed E-state index contributed by atoms with van der Waals surface area (Å²) in [4.78, 5) is 31.5. The molecule has 0 bridgehead atoms. The van der Waals surface area contributed by atoms with E-state index in [1.807, 2.05) is 44.2 Å². The first-order valence-corrected chi connectivity index (χ1v) is 8.95. The number of carbonyl (C=O) groups is 2. The molecule has 28 heavy (non-hydrogen) atoms. The molecule has 0 atom stereocenters. The summed E-state index contributed by atoms with van der Waals surface area (Å²) in [5.41, 5.74) is 0.357. The van der Waals surface area contributed by atoms with Crippen molar-refractivity contribution < 1.29 is 24.2 Å². The molecule has 0 aliphatic carbocycles. The van der Waals surface area contributed by atoms with Crippen molar-refractivity contribution in [2.75, 3.05) is 13.7 Å². The highest BCUT2D eigenvalue weighted by Gasteiger charge is 2.22. The molecule has 1 aromatic heterocycles. The predicted octanol–water partition coefficient (Wildman–Crippen LogP) is 2.65. The molecule has 0 fully saturated rings. The van der Waals surface area contributed by atoms with Gasteiger partial charge in [0.15, 0.2) is 11.4 Å². The van der Waals surface area contributed by atoms with Gasteiger partial charge in [0.05, 0.1) is 13.3 Å². The summed E-state index contributed by atoms with van der Waals surface area (Å²) < 4.78 is 10.0. The third kappa shape index (κ3) is 6.53. The van der Waals surface area contributed by atoms with Crippen LogP contribution in [0.25, 0.3) is 0 Å². The van der Waals surface area contributed by atoms with Crippen LogP contribution in [0.4, 0.5) is 4.79 Å². The Morgan fingerprint density at radius 3 is 2.57 bits per heavy atom. The quantitative estimate of drug-likeness (QED) is 0.670. The Bertz CT molecular complexity index is 809. The number of alkyl carbamates (subject to hydrolysis) is 1. The summed E-state index contributed by atoms with van der Waals surface area (Å²) in [5.74, 6) is -0.821. The second-order valence-corrected chi connectivity index (χ2v) is 6.82. The highest BCUT2D eigenvalue weighted by atomic mass is 16.6. The van der Waals surface area contributed by atoms with Gasteiger partial charge in [0, 0.05) is 13.0 Å². The Kier molecular flexibility index (Phi) is 7.31. The maximum atomic E-state index is 12.0. The first-order chi connectivity index (χ1) is 13.3. The first kappa shape index (κ1) is 21.1. The third-order valence-corrected chi connectivity index (χ3v) is 4.04. The van der Waals surface area contributed by atoms with Crippen molar-refractivity contribution in [3.63, 3.8) is 0 Å². The molecule has 0 aliphatic rings. The van der Waals surface area contributed by atoms with Crippen molar-refractivity contribution >= 4 is 12.1 Å². The fourth-order valence-electron chi connectivity index (χ4n) is 2.48. The first-order valence-electron chi connectivity index (χ1n) is 8.95. The van der Waals surface area contributed by atoms with Crippen molar-refractivity contribution in [3.8, 4) is 5.75 Å². The van der Waals surface area contributed by atoms with Gasteiger partial charge in [-0.05, 0) is 32.3 Å². The Morgan fingerprint density at radius 2 is 1.89 bits per heavy atom. The lowest BCUT2D eigenvalue weighted by molar-refractivity contribution is 0.0330. The molecular weight excluding hydrogens is 362 g/mol. The summed E-state index contributed by atoms with van der Waals surface area (Å²) in [6, 6.07) is 10.00. The zero-order valence-corrected chi connectivity index (χ0v) is 16.3. The van der Waals surface area contributed by atoms with E-state index in [2.05, 4.69) is 20.0 Å². The molecule has 2 aromatic rings. The van der Waals surface area contributed by atoms with Gasteiger partial charge in [0.25, 0.3) is 0 Å². The van der Waals surface area contributed by atoms with E-state index >= 15 is 0 Å². The SMILES string of the molecule is COC(=O)c1nc(CCNC(=O)OC(C)(C)CCc2ccccc2)ncc1O. The van der Waals surface area contributed by atoms with Crippen molar-refractivity contribution in [3.05, 3.63) is 53.6 Å². The Labute approximate surface area is 163 Å². The average Bonchev–Trinajstić information content (AvgIpc) is 2.67. The number of carbonyl (C=O) groups excluding carboxylic acids is 2. The normalized spacial score (nSPS) is 11.0. The van der Waals surface area contributed by atoms with Crippen LogP contribution < -0.4 is 5.32 Å². The van der Waals surface area contributed by atoms with Crippen LogP contribution in [0, 0.1) is 0 Å². The number of amides is 1. The fourth-order valence-corrected chi connectivity index (χ4v) is 2.48. The van der Waals surface area contributed by atoms with E-state index < -0.39 is 17.7 Å². The number of ether oxygens (including phenoxy) is 2. The molecule has 150 valence electrons. The smallest absolute Gasteiger partial charge is 0.407 e. The number of benzene rings is 1. The molecule has 0 radical (unpaired) electrons. The number of rotatable bonds is 8. The lowest BCUT2D eigenvalue weighted by Gasteiger charge is -2.25. The van der Waals surface area contributed by atoms with Gasteiger partial charge >= 0.3 is 12.1 Å². The van der Waals surface area contributed by atoms with Crippen molar-refractivity contribution in [1.82, 2.24) is 15.3 Å². The largest absolute Gasteiger partial charge is 0.504 e. The summed E-state index contributed by atoms with van der Waals surface area (Å²) in [6.45, 7) is 3.95. The molecule has 1 amide bonds. The lowest BCUT2D eigenvalue weighted by atomic mass is 9.99. The summed E-state index contributed by atoms with van der Waals surface area (Å²) in [6.07, 6.45) is 2.35. The van der Waals surface area contributed by atoms with Gasteiger partial charge in [-0.1, -0.05) is 30.3 Å². The van der Waals surface area contributed by atoms with Crippen LogP contribution in [0.3, 0.4) is 0 Å². The van der Waals surface area contributed by atoms with Crippen LogP contribution in [-0.2, 0) is 22.3 Å². The minimum absolute atomic E-state index is 0.211. The van der Waals surface area contributed by atoms with Gasteiger partial charge < -0.3 is 19.9 Å². The Hall–Kier alpha value is -3.16. The molecule has 0 spiro atoms. The standard InChI is InChI=1S/C20H25N3O5/c1-20(2,11-9-14-7-5-4-6-8-14)28-19(26)21-12-10-16-22-13-15(24)17(23-16)18(25)27-3/h4-8,13,24H,9-12H2,1-3H3,(H,21,26). The molecule has 8 heteroatoms. The Morgan fingerprint density at radius 1 is 1.18 bits per heavy atom. The number of hydrogen-bond acceptors (Lipinski definition) is 7. The number of aromatic nitrogens is 2. The average molecular weight is 387 g/mol. The van der Waals surface area contributed by atoms with E-state index in [1.54, 1.807) is 0 Å². The number of hydrogen-bond donors (Lipinski definition) is 2. The van der Waals surface area contributed by atoms with Crippen LogP contribution in [0.1, 0.15) is 42.1 Å². The third-order valence-electron chi connectivity index (χ3n) is 4.04. The zero-order valence-electron chi connectivity index (χ0n) is 16.3. The lowest BCUT2D eigenvalue weighted by Crippen LogP contribution is -2.36. The zero-order chi connectivity index (χ0) is 20.6. The summed E-state index contributed by atoms with van der Waals surface area (Å²) in [7, 11) is 1.20. The Balaban J connectivity index is 1.79. The second-order valence-electron chi connectivity index (χ2n) is 6.82. The molecule has 0 aliphatic heterocycles. The van der Waals surface area contributed by atoms with Crippen LogP contribution in [0.5, 0.6) is 5.75 Å². The van der Waals surface area contributed by atoms with E-state index in [0.29, 0.717) is 12.2 Å². The van der Waals surface area contributed by atoms with Crippen LogP contribution in [-0.4, -0.2) is 46.4 Å². The fraction of sp³-hybridized carbons (Fsp3) is 0.400. The van der Waals surface area contributed by atoms with E-state index in [0.717, 1.165) is 12.6 Å². The minimum Gasteiger partial charge on any atom is -0.504 e. The van der Waals surface area contributed by atoms with Crippen LogP contribution >= 0.6 is 0 Å². The van der Waals surface area contributed by atoms with Crippen molar-refractivity contribution in [2.24, 2.45) is 0 Å². The van der Waals surface area contributed by atoms with Gasteiger partial charge in [-0.2, -0.15) is 0 Å². The number of methoxy groups -OCH3 is 1. The molecule has 0 unspecified atom stereocenters. The number of aromatic hydroxyl groups is 1. The molecule has 0 saturated carbocycles. The molecule has 0 saturated heterocycles. The van der Waals surface area contributed by atoms with Crippen LogP contribution in [0.15, 0.2) is 36.5 Å². The minimum atomic E-state index is -0.756. The molecule has 1 aromatic carbocycles. The van der Waals surface area contributed by atoms with Gasteiger partial charge in [0.2, 0.25) is 0 Å². The number of esters is 1. The van der Waals surface area contributed by atoms with Gasteiger partial charge in [-0.25, -0.2) is 19.6 Å². The molecular formula is C20H25N3O5.